The van der Waals surface area contributed by atoms with E-state index >= 15 is 0 Å². The van der Waals surface area contributed by atoms with Crippen LogP contribution in [0.5, 0.6) is 5.75 Å². The van der Waals surface area contributed by atoms with Crippen molar-refractivity contribution in [3.63, 3.8) is 0 Å². The molecule has 0 spiro atoms. The number of hydrogen-bond donors (Lipinski definition) is 2. The molecule has 2 N–H and O–H groups in total. The van der Waals surface area contributed by atoms with E-state index in [9.17, 15) is 14.7 Å². The predicted octanol–water partition coefficient (Wildman–Crippen LogP) is 4.67. The molecular weight excluding hydrogens is 450 g/mol. The number of benzene rings is 2. The number of oxime groups is 1. The van der Waals surface area contributed by atoms with Gasteiger partial charge >= 0.3 is 11.9 Å². The van der Waals surface area contributed by atoms with Crippen molar-refractivity contribution in [2.24, 2.45) is 5.16 Å². The van der Waals surface area contributed by atoms with Crippen molar-refractivity contribution in [1.82, 2.24) is 0 Å². The van der Waals surface area contributed by atoms with Crippen LogP contribution >= 0.6 is 0 Å². The summed E-state index contributed by atoms with van der Waals surface area (Å²) in [6.07, 6.45) is 0. The number of hydrogen-bond acceptors (Lipinski definition) is 8. The molecule has 1 unspecified atom stereocenters. The van der Waals surface area contributed by atoms with E-state index in [0.29, 0.717) is 33.8 Å². The molecule has 0 aliphatic rings. The molecular formula is C26H31N3O6. The lowest BCUT2D eigenvalue weighted by atomic mass is 10.0. The monoisotopic (exact) mass is 481 g/mol. The third-order valence-electron chi connectivity index (χ3n) is 4.79. The molecule has 9 nitrogen and oxygen atoms in total. The van der Waals surface area contributed by atoms with E-state index < -0.39 is 29.2 Å². The highest BCUT2D eigenvalue weighted by atomic mass is 16.7. The number of nitriles is 1. The number of ether oxygens (including phenoxy) is 2. The fourth-order valence-corrected chi connectivity index (χ4v) is 2.89. The number of anilines is 1. The lowest BCUT2D eigenvalue weighted by Gasteiger charge is -2.26. The Morgan fingerprint density at radius 2 is 1.71 bits per heavy atom. The second-order valence-electron chi connectivity index (χ2n) is 9.38. The molecule has 186 valence electrons. The first-order chi connectivity index (χ1) is 16.3. The van der Waals surface area contributed by atoms with Crippen LogP contribution in [0.2, 0.25) is 0 Å². The molecule has 0 bridgehead atoms. The first-order valence-electron chi connectivity index (χ1n) is 10.9. The van der Waals surface area contributed by atoms with Gasteiger partial charge in [0.15, 0.2) is 6.04 Å². The van der Waals surface area contributed by atoms with Gasteiger partial charge in [-0.1, -0.05) is 17.3 Å². The summed E-state index contributed by atoms with van der Waals surface area (Å²) in [7, 11) is 1.49. The lowest BCUT2D eigenvalue weighted by Crippen LogP contribution is -2.40. The summed E-state index contributed by atoms with van der Waals surface area (Å²) in [5.74, 6) is -1.18. The number of aliphatic carboxylic acids is 1. The Balaban J connectivity index is 2.31. The number of carbonyl (C=O) groups excluding carboxylic acids is 1. The van der Waals surface area contributed by atoms with E-state index in [4.69, 9.17) is 19.6 Å². The highest BCUT2D eigenvalue weighted by Gasteiger charge is 2.35. The van der Waals surface area contributed by atoms with Gasteiger partial charge in [-0.15, -0.1) is 0 Å². The highest BCUT2D eigenvalue weighted by Crippen LogP contribution is 2.27. The standard InChI is InChI=1S/C26H31N3O6/c1-16(29-35-26(5,6)24(32)34-25(2,3)4)19-12-20(14-21(13-19)33-7)28-22(23(30)31)18-10-8-17(15-27)9-11-18/h8-14,22,28H,1-7H3,(H,30,31). The summed E-state index contributed by atoms with van der Waals surface area (Å²) >= 11 is 0. The van der Waals surface area contributed by atoms with Crippen LogP contribution in [-0.4, -0.2) is 41.1 Å². The number of nitrogens with one attached hydrogen (secondary N) is 1. The maximum Gasteiger partial charge on any atom is 0.353 e. The molecule has 0 saturated heterocycles. The van der Waals surface area contributed by atoms with Crippen molar-refractivity contribution in [1.29, 1.82) is 5.26 Å². The molecule has 0 fully saturated rings. The number of esters is 1. The molecule has 35 heavy (non-hydrogen) atoms. The number of carbonyl (C=O) groups is 2. The molecule has 0 amide bonds. The summed E-state index contributed by atoms with van der Waals surface area (Å²) in [5, 5.41) is 25.9. The molecule has 0 aromatic heterocycles. The summed E-state index contributed by atoms with van der Waals surface area (Å²) in [6, 6.07) is 12.3. The van der Waals surface area contributed by atoms with Gasteiger partial charge in [-0.3, -0.25) is 0 Å². The van der Waals surface area contributed by atoms with Crippen LogP contribution in [0.4, 0.5) is 5.69 Å². The van der Waals surface area contributed by atoms with Gasteiger partial charge in [0.1, 0.15) is 11.4 Å². The van der Waals surface area contributed by atoms with Crippen LogP contribution in [0.25, 0.3) is 0 Å². The Hall–Kier alpha value is -4.06. The minimum Gasteiger partial charge on any atom is -0.497 e. The summed E-state index contributed by atoms with van der Waals surface area (Å²) in [4.78, 5) is 29.9. The molecule has 1 atom stereocenters. The van der Waals surface area contributed by atoms with Crippen molar-refractivity contribution in [3.8, 4) is 11.8 Å². The Bertz CT molecular complexity index is 1140. The van der Waals surface area contributed by atoms with E-state index in [1.165, 1.54) is 7.11 Å². The van der Waals surface area contributed by atoms with Gasteiger partial charge in [-0.25, -0.2) is 9.59 Å². The number of carboxylic acids is 1. The van der Waals surface area contributed by atoms with Gasteiger partial charge in [0.2, 0.25) is 5.60 Å². The van der Waals surface area contributed by atoms with Crippen LogP contribution in [0.15, 0.2) is 47.6 Å². The maximum absolute atomic E-state index is 12.4. The fourth-order valence-electron chi connectivity index (χ4n) is 2.89. The van der Waals surface area contributed by atoms with E-state index in [1.807, 2.05) is 6.07 Å². The second kappa shape index (κ2) is 10.9. The average molecular weight is 482 g/mol. The molecule has 2 aromatic carbocycles. The molecule has 0 radical (unpaired) electrons. The van der Waals surface area contributed by atoms with Crippen LogP contribution in [0, 0.1) is 11.3 Å². The topological polar surface area (TPSA) is 130 Å². The molecule has 2 aromatic rings. The Kier molecular flexibility index (Phi) is 8.47. The van der Waals surface area contributed by atoms with Crippen LogP contribution < -0.4 is 10.1 Å². The zero-order chi connectivity index (χ0) is 26.4. The normalized spacial score (nSPS) is 12.8. The van der Waals surface area contributed by atoms with E-state index in [0.717, 1.165) is 0 Å². The number of nitrogens with zero attached hydrogens (tertiary/aromatic N) is 2. The number of rotatable bonds is 9. The van der Waals surface area contributed by atoms with Gasteiger partial charge in [0.25, 0.3) is 0 Å². The van der Waals surface area contributed by atoms with Crippen LogP contribution in [-0.2, 0) is 19.2 Å². The van der Waals surface area contributed by atoms with Crippen molar-refractivity contribution >= 4 is 23.3 Å². The SMILES string of the molecule is COc1cc(NC(C(=O)O)c2ccc(C#N)cc2)cc(C(C)=NOC(C)(C)C(=O)OC(C)(C)C)c1. The van der Waals surface area contributed by atoms with Gasteiger partial charge in [0.05, 0.1) is 24.5 Å². The third kappa shape index (κ3) is 7.74. The third-order valence-corrected chi connectivity index (χ3v) is 4.79. The van der Waals surface area contributed by atoms with Crippen LogP contribution in [0.1, 0.15) is 64.3 Å². The van der Waals surface area contributed by atoms with Crippen molar-refractivity contribution < 1.29 is 29.0 Å². The van der Waals surface area contributed by atoms with Gasteiger partial charge in [0, 0.05) is 17.3 Å². The second-order valence-corrected chi connectivity index (χ2v) is 9.38. The van der Waals surface area contributed by atoms with E-state index in [-0.39, 0.29) is 0 Å². The summed E-state index contributed by atoms with van der Waals surface area (Å²) in [6.45, 7) is 10.1. The van der Waals surface area contributed by atoms with Crippen molar-refractivity contribution in [2.75, 3.05) is 12.4 Å². The average Bonchev–Trinajstić information content (AvgIpc) is 2.79. The maximum atomic E-state index is 12.4. The zero-order valence-corrected chi connectivity index (χ0v) is 21.0. The van der Waals surface area contributed by atoms with Gasteiger partial charge in [-0.05, 0) is 71.4 Å². The summed E-state index contributed by atoms with van der Waals surface area (Å²) < 4.78 is 10.8. The number of carboxylic acid groups (broad SMARTS) is 1. The Morgan fingerprint density at radius 3 is 2.23 bits per heavy atom. The Morgan fingerprint density at radius 1 is 1.09 bits per heavy atom. The molecule has 0 heterocycles. The molecule has 9 heteroatoms. The fraction of sp³-hybridized carbons (Fsp3) is 0.385. The molecule has 0 aliphatic carbocycles. The van der Waals surface area contributed by atoms with Crippen molar-refractivity contribution in [2.45, 2.75) is 58.8 Å². The van der Waals surface area contributed by atoms with Crippen molar-refractivity contribution in [3.05, 3.63) is 59.2 Å². The van der Waals surface area contributed by atoms with Gasteiger partial charge < -0.3 is 24.7 Å². The van der Waals surface area contributed by atoms with E-state index in [1.54, 1.807) is 84.0 Å². The molecule has 0 saturated carbocycles. The zero-order valence-electron chi connectivity index (χ0n) is 21.0. The van der Waals surface area contributed by atoms with E-state index in [2.05, 4.69) is 10.5 Å². The van der Waals surface area contributed by atoms with Crippen LogP contribution in [0.3, 0.4) is 0 Å². The highest BCUT2D eigenvalue weighted by molar-refractivity contribution is 5.99. The molecule has 2 rings (SSSR count). The minimum absolute atomic E-state index is 0.433. The smallest absolute Gasteiger partial charge is 0.353 e. The first kappa shape index (κ1) is 27.2. The number of methoxy groups -OCH3 is 1. The summed E-state index contributed by atoms with van der Waals surface area (Å²) in [5.41, 5.74) is 0.427. The Labute approximate surface area is 205 Å². The lowest BCUT2D eigenvalue weighted by molar-refractivity contribution is -0.179. The quantitative estimate of drug-likeness (QED) is 0.300. The largest absolute Gasteiger partial charge is 0.497 e. The first-order valence-corrected chi connectivity index (χ1v) is 10.9. The molecule has 0 aliphatic heterocycles. The van der Waals surface area contributed by atoms with Gasteiger partial charge in [-0.2, -0.15) is 5.26 Å². The minimum atomic E-state index is -1.32. The predicted molar refractivity (Wildman–Crippen MR) is 131 cm³/mol.